The normalized spacial score (nSPS) is 15.5. The molecule has 0 aliphatic heterocycles. The average Bonchev–Trinajstić information content (AvgIpc) is 3.13. The van der Waals surface area contributed by atoms with Gasteiger partial charge in [-0.15, -0.1) is 0 Å². The molecule has 1 aromatic carbocycles. The molecule has 0 radical (unpaired) electrons. The van der Waals surface area contributed by atoms with Crippen molar-refractivity contribution in [2.45, 2.75) is 19.8 Å². The largest absolute Gasteiger partial charge is 0.323 e. The fourth-order valence-corrected chi connectivity index (χ4v) is 1.56. The third kappa shape index (κ3) is 3.31. The molecule has 2 amide bonds. The van der Waals surface area contributed by atoms with Crippen molar-refractivity contribution in [3.05, 3.63) is 41.9 Å². The molecule has 3 nitrogen and oxygen atoms in total. The Bertz CT molecular complexity index is 452. The van der Waals surface area contributed by atoms with E-state index in [1.54, 1.807) is 18.3 Å². The minimum atomic E-state index is -0.439. The number of hydrogen-bond donors (Lipinski definition) is 2. The predicted molar refractivity (Wildman–Crippen MR) is 65.0 cm³/mol. The molecule has 0 unspecified atom stereocenters. The van der Waals surface area contributed by atoms with Gasteiger partial charge in [-0.2, -0.15) is 0 Å². The van der Waals surface area contributed by atoms with E-state index in [0.29, 0.717) is 5.92 Å². The average molecular weight is 234 g/mol. The summed E-state index contributed by atoms with van der Waals surface area (Å²) in [4.78, 5) is 11.5. The smallest absolute Gasteiger partial charge is 0.314 e. The highest BCUT2D eigenvalue weighted by Gasteiger charge is 2.22. The van der Waals surface area contributed by atoms with Crippen LogP contribution in [0.2, 0.25) is 0 Å². The number of nitrogens with one attached hydrogen (secondary N) is 2. The molecule has 17 heavy (non-hydrogen) atoms. The van der Waals surface area contributed by atoms with Gasteiger partial charge in [-0.1, -0.05) is 17.7 Å². The molecule has 4 heteroatoms. The zero-order chi connectivity index (χ0) is 12.3. The predicted octanol–water partition coefficient (Wildman–Crippen LogP) is 3.26. The molecule has 0 atom stereocenters. The van der Waals surface area contributed by atoms with Crippen LogP contribution in [0.15, 0.2) is 36.0 Å². The second kappa shape index (κ2) is 4.99. The standard InChI is InChI=1S/C13H15FN2O/c1-9(10-6-7-10)8-15-13(17)16-12-5-3-2-4-11(12)14/h2-5,8,10H,6-7H2,1H3,(H2,15,16,17)/b9-8+. The molecule has 1 aromatic rings. The summed E-state index contributed by atoms with van der Waals surface area (Å²) in [6, 6.07) is 5.66. The van der Waals surface area contributed by atoms with E-state index in [2.05, 4.69) is 10.6 Å². The van der Waals surface area contributed by atoms with Crippen LogP contribution in [-0.4, -0.2) is 6.03 Å². The molecule has 1 aliphatic carbocycles. The van der Waals surface area contributed by atoms with Crippen LogP contribution < -0.4 is 10.6 Å². The molecule has 0 saturated heterocycles. The summed E-state index contributed by atoms with van der Waals surface area (Å²) in [5.74, 6) is 0.175. The van der Waals surface area contributed by atoms with Gasteiger partial charge in [0.2, 0.25) is 0 Å². The van der Waals surface area contributed by atoms with Gasteiger partial charge in [0.05, 0.1) is 5.69 Å². The van der Waals surface area contributed by atoms with Crippen LogP contribution in [0, 0.1) is 11.7 Å². The zero-order valence-corrected chi connectivity index (χ0v) is 9.66. The van der Waals surface area contributed by atoms with Gasteiger partial charge in [0.1, 0.15) is 5.82 Å². The SMILES string of the molecule is C/C(=C\NC(=O)Nc1ccccc1F)C1CC1. The Morgan fingerprint density at radius 1 is 1.41 bits per heavy atom. The summed E-state index contributed by atoms with van der Waals surface area (Å²) in [7, 11) is 0. The fraction of sp³-hybridized carbons (Fsp3) is 0.308. The van der Waals surface area contributed by atoms with Crippen molar-refractivity contribution in [3.8, 4) is 0 Å². The number of hydrogen-bond acceptors (Lipinski definition) is 1. The summed E-state index contributed by atoms with van der Waals surface area (Å²) >= 11 is 0. The number of amides is 2. The summed E-state index contributed by atoms with van der Waals surface area (Å²) in [5.41, 5.74) is 1.34. The quantitative estimate of drug-likeness (QED) is 0.828. The molecule has 2 N–H and O–H groups in total. The highest BCUT2D eigenvalue weighted by atomic mass is 19.1. The molecule has 0 aromatic heterocycles. The highest BCUT2D eigenvalue weighted by Crippen LogP contribution is 2.35. The zero-order valence-electron chi connectivity index (χ0n) is 9.66. The lowest BCUT2D eigenvalue weighted by Crippen LogP contribution is -2.24. The van der Waals surface area contributed by atoms with Crippen LogP contribution in [0.3, 0.4) is 0 Å². The maximum atomic E-state index is 13.2. The Labute approximate surface area is 99.7 Å². The number of allylic oxidation sites excluding steroid dienone is 1. The molecule has 2 rings (SSSR count). The first kappa shape index (κ1) is 11.6. The molecule has 0 bridgehead atoms. The van der Waals surface area contributed by atoms with E-state index in [0.717, 1.165) is 5.57 Å². The number of para-hydroxylation sites is 1. The number of halogens is 1. The third-order valence-electron chi connectivity index (χ3n) is 2.77. The van der Waals surface area contributed by atoms with Crippen molar-refractivity contribution < 1.29 is 9.18 Å². The molecular weight excluding hydrogens is 219 g/mol. The minimum Gasteiger partial charge on any atom is -0.314 e. The van der Waals surface area contributed by atoms with Crippen LogP contribution in [-0.2, 0) is 0 Å². The number of benzene rings is 1. The minimum absolute atomic E-state index is 0.183. The topological polar surface area (TPSA) is 41.1 Å². The van der Waals surface area contributed by atoms with Crippen LogP contribution in [0.1, 0.15) is 19.8 Å². The molecular formula is C13H15FN2O. The number of carbonyl (C=O) groups is 1. The lowest BCUT2D eigenvalue weighted by molar-refractivity contribution is 0.255. The van der Waals surface area contributed by atoms with Gasteiger partial charge in [0.25, 0.3) is 0 Å². The third-order valence-corrected chi connectivity index (χ3v) is 2.77. The maximum Gasteiger partial charge on any atom is 0.323 e. The monoisotopic (exact) mass is 234 g/mol. The lowest BCUT2D eigenvalue weighted by Gasteiger charge is -2.06. The summed E-state index contributed by atoms with van der Waals surface area (Å²) < 4.78 is 13.2. The number of anilines is 1. The van der Waals surface area contributed by atoms with Crippen LogP contribution in [0.4, 0.5) is 14.9 Å². The van der Waals surface area contributed by atoms with Gasteiger partial charge in [0, 0.05) is 6.20 Å². The van der Waals surface area contributed by atoms with Crippen molar-refractivity contribution in [1.82, 2.24) is 5.32 Å². The fourth-order valence-electron chi connectivity index (χ4n) is 1.56. The van der Waals surface area contributed by atoms with E-state index in [-0.39, 0.29) is 5.69 Å². The van der Waals surface area contributed by atoms with E-state index in [1.165, 1.54) is 25.0 Å². The summed E-state index contributed by atoms with van der Waals surface area (Å²) in [6.07, 6.45) is 4.08. The van der Waals surface area contributed by atoms with E-state index < -0.39 is 11.8 Å². The van der Waals surface area contributed by atoms with Gasteiger partial charge in [-0.3, -0.25) is 0 Å². The molecule has 90 valence electrons. The molecule has 1 saturated carbocycles. The van der Waals surface area contributed by atoms with Crippen LogP contribution in [0.5, 0.6) is 0 Å². The van der Waals surface area contributed by atoms with Crippen molar-refractivity contribution >= 4 is 11.7 Å². The molecule has 1 aliphatic rings. The second-order valence-corrected chi connectivity index (χ2v) is 4.24. The van der Waals surface area contributed by atoms with Gasteiger partial charge in [-0.25, -0.2) is 9.18 Å². The van der Waals surface area contributed by atoms with Gasteiger partial charge in [-0.05, 0) is 37.8 Å². The molecule has 0 spiro atoms. The van der Waals surface area contributed by atoms with Gasteiger partial charge in [0.15, 0.2) is 0 Å². The van der Waals surface area contributed by atoms with E-state index in [9.17, 15) is 9.18 Å². The van der Waals surface area contributed by atoms with Crippen LogP contribution >= 0.6 is 0 Å². The second-order valence-electron chi connectivity index (χ2n) is 4.24. The first-order chi connectivity index (χ1) is 8.16. The Hall–Kier alpha value is -1.84. The maximum absolute atomic E-state index is 13.2. The Morgan fingerprint density at radius 2 is 2.12 bits per heavy atom. The highest BCUT2D eigenvalue weighted by molar-refractivity contribution is 5.90. The van der Waals surface area contributed by atoms with Crippen molar-refractivity contribution in [1.29, 1.82) is 0 Å². The summed E-state index contributed by atoms with van der Waals surface area (Å²) in [5, 5.41) is 5.06. The van der Waals surface area contributed by atoms with Crippen LogP contribution in [0.25, 0.3) is 0 Å². The van der Waals surface area contributed by atoms with Crippen molar-refractivity contribution in [3.63, 3.8) is 0 Å². The molecule has 0 heterocycles. The summed E-state index contributed by atoms with van der Waals surface area (Å²) in [6.45, 7) is 1.99. The number of urea groups is 1. The van der Waals surface area contributed by atoms with E-state index >= 15 is 0 Å². The van der Waals surface area contributed by atoms with Gasteiger partial charge >= 0.3 is 6.03 Å². The molecule has 1 fully saturated rings. The van der Waals surface area contributed by atoms with Crippen molar-refractivity contribution in [2.24, 2.45) is 5.92 Å². The first-order valence-corrected chi connectivity index (χ1v) is 5.65. The Balaban J connectivity index is 1.89. The van der Waals surface area contributed by atoms with E-state index in [4.69, 9.17) is 0 Å². The number of rotatable bonds is 3. The Kier molecular flexibility index (Phi) is 3.42. The lowest BCUT2D eigenvalue weighted by atomic mass is 10.2. The van der Waals surface area contributed by atoms with E-state index in [1.807, 2.05) is 6.92 Å². The van der Waals surface area contributed by atoms with Crippen molar-refractivity contribution in [2.75, 3.05) is 5.32 Å². The Morgan fingerprint density at radius 3 is 2.76 bits per heavy atom. The van der Waals surface area contributed by atoms with Gasteiger partial charge < -0.3 is 10.6 Å². The first-order valence-electron chi connectivity index (χ1n) is 5.65. The number of carbonyl (C=O) groups excluding carboxylic acids is 1.